The minimum atomic E-state index is -0.442. The zero-order chi connectivity index (χ0) is 17.7. The monoisotopic (exact) mass is 366 g/mol. The highest BCUT2D eigenvalue weighted by molar-refractivity contribution is 7.15. The van der Waals surface area contributed by atoms with Gasteiger partial charge in [0.1, 0.15) is 11.3 Å². The van der Waals surface area contributed by atoms with Crippen molar-refractivity contribution in [2.45, 2.75) is 44.2 Å². The SMILES string of the molecule is NC(=O)c1cccc2[nH]c(-c3ccc(C4CCCN4C4CCC4)s3)nc12. The first-order valence-electron chi connectivity index (χ1n) is 9.35. The summed E-state index contributed by atoms with van der Waals surface area (Å²) < 4.78 is 0. The lowest BCUT2D eigenvalue weighted by Crippen LogP contribution is -2.39. The largest absolute Gasteiger partial charge is 0.366 e. The first-order valence-corrected chi connectivity index (χ1v) is 10.2. The number of hydrogen-bond acceptors (Lipinski definition) is 4. The number of primary amides is 1. The van der Waals surface area contributed by atoms with Gasteiger partial charge < -0.3 is 10.7 Å². The minimum Gasteiger partial charge on any atom is -0.366 e. The van der Waals surface area contributed by atoms with Crippen LogP contribution in [-0.2, 0) is 0 Å². The topological polar surface area (TPSA) is 75.0 Å². The quantitative estimate of drug-likeness (QED) is 0.730. The first kappa shape index (κ1) is 16.0. The van der Waals surface area contributed by atoms with Gasteiger partial charge in [-0.2, -0.15) is 0 Å². The van der Waals surface area contributed by atoms with Gasteiger partial charge >= 0.3 is 0 Å². The molecule has 2 aliphatic rings. The molecule has 2 fully saturated rings. The zero-order valence-electron chi connectivity index (χ0n) is 14.6. The summed E-state index contributed by atoms with van der Waals surface area (Å²) >= 11 is 1.82. The fourth-order valence-corrected chi connectivity index (χ4v) is 5.37. The van der Waals surface area contributed by atoms with Gasteiger partial charge in [-0.15, -0.1) is 11.3 Å². The van der Waals surface area contributed by atoms with E-state index >= 15 is 0 Å². The molecule has 1 saturated carbocycles. The lowest BCUT2D eigenvalue weighted by atomic mass is 9.91. The Balaban J connectivity index is 1.47. The molecular weight excluding hydrogens is 344 g/mol. The van der Waals surface area contributed by atoms with Crippen LogP contribution in [0.2, 0.25) is 0 Å². The molecule has 1 aromatic carbocycles. The average Bonchev–Trinajstić information content (AvgIpc) is 3.30. The van der Waals surface area contributed by atoms with Crippen LogP contribution in [0.4, 0.5) is 0 Å². The van der Waals surface area contributed by atoms with Gasteiger partial charge in [-0.05, 0) is 56.5 Å². The number of nitrogens with one attached hydrogen (secondary N) is 1. The molecule has 1 aliphatic heterocycles. The average molecular weight is 366 g/mol. The number of H-pyrrole nitrogens is 1. The molecule has 0 radical (unpaired) electrons. The molecule has 1 unspecified atom stereocenters. The van der Waals surface area contributed by atoms with E-state index in [1.54, 1.807) is 6.07 Å². The Hall–Kier alpha value is -2.18. The third kappa shape index (κ3) is 2.56. The van der Waals surface area contributed by atoms with E-state index in [0.717, 1.165) is 22.3 Å². The summed E-state index contributed by atoms with van der Waals surface area (Å²) in [5.41, 5.74) is 7.45. The molecule has 134 valence electrons. The van der Waals surface area contributed by atoms with Crippen LogP contribution in [0.15, 0.2) is 30.3 Å². The van der Waals surface area contributed by atoms with E-state index in [-0.39, 0.29) is 0 Å². The predicted molar refractivity (Wildman–Crippen MR) is 104 cm³/mol. The van der Waals surface area contributed by atoms with Crippen molar-refractivity contribution in [1.29, 1.82) is 0 Å². The van der Waals surface area contributed by atoms with Crippen LogP contribution in [0, 0.1) is 0 Å². The summed E-state index contributed by atoms with van der Waals surface area (Å²) in [7, 11) is 0. The first-order chi connectivity index (χ1) is 12.7. The second-order valence-corrected chi connectivity index (χ2v) is 8.45. The second kappa shape index (κ2) is 6.21. The number of nitrogens with zero attached hydrogens (tertiary/aromatic N) is 2. The Morgan fingerprint density at radius 1 is 1.19 bits per heavy atom. The van der Waals surface area contributed by atoms with Crippen molar-refractivity contribution in [1.82, 2.24) is 14.9 Å². The van der Waals surface area contributed by atoms with Gasteiger partial charge in [-0.1, -0.05) is 12.5 Å². The molecule has 1 atom stereocenters. The molecular formula is C20H22N4OS. The fourth-order valence-electron chi connectivity index (χ4n) is 4.26. The highest BCUT2D eigenvalue weighted by atomic mass is 32.1. The second-order valence-electron chi connectivity index (χ2n) is 7.33. The Morgan fingerprint density at radius 2 is 2.08 bits per heavy atom. The Labute approximate surface area is 156 Å². The van der Waals surface area contributed by atoms with Gasteiger partial charge in [-0.25, -0.2) is 4.98 Å². The molecule has 5 nitrogen and oxygen atoms in total. The maximum atomic E-state index is 11.6. The summed E-state index contributed by atoms with van der Waals surface area (Å²) in [6.45, 7) is 1.23. The number of benzene rings is 1. The molecule has 5 rings (SSSR count). The van der Waals surface area contributed by atoms with E-state index in [1.807, 2.05) is 23.5 Å². The van der Waals surface area contributed by atoms with E-state index in [1.165, 1.54) is 43.5 Å². The third-order valence-corrected chi connectivity index (χ3v) is 7.00. The number of aromatic nitrogens is 2. The lowest BCUT2D eigenvalue weighted by Gasteiger charge is -2.38. The van der Waals surface area contributed by atoms with Crippen LogP contribution in [-0.4, -0.2) is 33.4 Å². The molecule has 1 saturated heterocycles. The number of thiophene rings is 1. The van der Waals surface area contributed by atoms with Gasteiger partial charge in [-0.3, -0.25) is 9.69 Å². The Bertz CT molecular complexity index is 971. The van der Waals surface area contributed by atoms with Crippen molar-refractivity contribution in [3.05, 3.63) is 40.8 Å². The number of nitrogens with two attached hydrogens (primary N) is 1. The van der Waals surface area contributed by atoms with Crippen LogP contribution in [0.1, 0.15) is 53.4 Å². The number of likely N-dealkylation sites (tertiary alicyclic amines) is 1. The standard InChI is InChI=1S/C20H22N4OS/c21-19(25)13-6-2-7-14-18(13)23-20(22-14)17-10-9-16(26-17)15-8-3-11-24(15)12-4-1-5-12/h2,6-7,9-10,12,15H,1,3-5,8,11H2,(H2,21,25)(H,22,23). The fraction of sp³-hybridized carbons (Fsp3) is 0.400. The van der Waals surface area contributed by atoms with Gasteiger partial charge in [0.25, 0.3) is 5.91 Å². The summed E-state index contributed by atoms with van der Waals surface area (Å²) in [5.74, 6) is 0.376. The van der Waals surface area contributed by atoms with Crippen LogP contribution < -0.4 is 5.73 Å². The van der Waals surface area contributed by atoms with Gasteiger partial charge in [0.05, 0.1) is 16.0 Å². The Kier molecular flexibility index (Phi) is 3.83. The van der Waals surface area contributed by atoms with Crippen molar-refractivity contribution in [2.75, 3.05) is 6.54 Å². The Morgan fingerprint density at radius 3 is 2.85 bits per heavy atom. The molecule has 1 amide bonds. The maximum Gasteiger partial charge on any atom is 0.250 e. The smallest absolute Gasteiger partial charge is 0.250 e. The summed E-state index contributed by atoms with van der Waals surface area (Å²) in [4.78, 5) is 24.9. The summed E-state index contributed by atoms with van der Waals surface area (Å²) in [5, 5.41) is 0. The molecule has 6 heteroatoms. The van der Waals surface area contributed by atoms with E-state index in [4.69, 9.17) is 5.73 Å². The number of fused-ring (bicyclic) bond motifs is 1. The minimum absolute atomic E-state index is 0.442. The van der Waals surface area contributed by atoms with Crippen molar-refractivity contribution in [3.63, 3.8) is 0 Å². The number of amides is 1. The number of carbonyl (C=O) groups excluding carboxylic acids is 1. The van der Waals surface area contributed by atoms with E-state index in [0.29, 0.717) is 17.1 Å². The van der Waals surface area contributed by atoms with Crippen molar-refractivity contribution in [2.24, 2.45) is 5.73 Å². The molecule has 0 bridgehead atoms. The number of rotatable bonds is 4. The molecule has 3 aromatic rings. The zero-order valence-corrected chi connectivity index (χ0v) is 15.4. The molecule has 26 heavy (non-hydrogen) atoms. The van der Waals surface area contributed by atoms with Gasteiger partial charge in [0, 0.05) is 17.0 Å². The predicted octanol–water partition coefficient (Wildman–Crippen LogP) is 4.08. The highest BCUT2D eigenvalue weighted by Gasteiger charge is 2.35. The molecule has 1 aliphatic carbocycles. The number of hydrogen-bond donors (Lipinski definition) is 2. The van der Waals surface area contributed by atoms with Crippen LogP contribution in [0.3, 0.4) is 0 Å². The van der Waals surface area contributed by atoms with E-state index in [9.17, 15) is 4.79 Å². The summed E-state index contributed by atoms with van der Waals surface area (Å²) in [6, 6.07) is 11.2. The van der Waals surface area contributed by atoms with E-state index in [2.05, 4.69) is 27.0 Å². The lowest BCUT2D eigenvalue weighted by molar-refractivity contribution is 0.100. The van der Waals surface area contributed by atoms with Crippen molar-refractivity contribution >= 4 is 28.3 Å². The van der Waals surface area contributed by atoms with E-state index < -0.39 is 5.91 Å². The third-order valence-electron chi connectivity index (χ3n) is 5.80. The highest BCUT2D eigenvalue weighted by Crippen LogP contribution is 2.42. The van der Waals surface area contributed by atoms with Crippen LogP contribution >= 0.6 is 11.3 Å². The summed E-state index contributed by atoms with van der Waals surface area (Å²) in [6.07, 6.45) is 6.64. The molecule has 3 heterocycles. The molecule has 3 N–H and O–H groups in total. The van der Waals surface area contributed by atoms with Crippen LogP contribution in [0.5, 0.6) is 0 Å². The van der Waals surface area contributed by atoms with Gasteiger partial charge in [0.2, 0.25) is 0 Å². The van der Waals surface area contributed by atoms with Gasteiger partial charge in [0.15, 0.2) is 0 Å². The van der Waals surface area contributed by atoms with Crippen molar-refractivity contribution in [3.8, 4) is 10.7 Å². The normalized spacial score (nSPS) is 21.3. The number of carbonyl (C=O) groups is 1. The van der Waals surface area contributed by atoms with Crippen LogP contribution in [0.25, 0.3) is 21.7 Å². The number of para-hydroxylation sites is 1. The molecule has 2 aromatic heterocycles. The molecule has 0 spiro atoms. The number of aromatic amines is 1. The van der Waals surface area contributed by atoms with Crippen molar-refractivity contribution < 1.29 is 4.79 Å². The maximum absolute atomic E-state index is 11.6. The number of imidazole rings is 1.